The molecule has 4 aliphatic carbocycles. The van der Waals surface area contributed by atoms with Gasteiger partial charge in [-0.25, -0.2) is 9.78 Å². The molecule has 38 heavy (non-hydrogen) atoms. The zero-order valence-corrected chi connectivity index (χ0v) is 24.4. The number of fused-ring (bicyclic) bond motifs is 5. The largest absolute Gasteiger partial charge is 0.427 e. The Balaban J connectivity index is 1.28. The van der Waals surface area contributed by atoms with Crippen molar-refractivity contribution in [3.05, 3.63) is 29.9 Å². The van der Waals surface area contributed by atoms with Crippen LogP contribution in [0.4, 0.5) is 0 Å². The summed E-state index contributed by atoms with van der Waals surface area (Å²) in [6.45, 7) is 12.4. The van der Waals surface area contributed by atoms with Crippen molar-refractivity contribution in [2.24, 2.45) is 52.1 Å². The van der Waals surface area contributed by atoms with Gasteiger partial charge in [0.1, 0.15) is 0 Å². The first-order chi connectivity index (χ1) is 18.0. The summed E-state index contributed by atoms with van der Waals surface area (Å²) in [5.74, 6) is 2.75. The lowest BCUT2D eigenvalue weighted by Crippen LogP contribution is -2.53. The normalized spacial score (nSPS) is 39.2. The maximum atomic E-state index is 12.8. The molecule has 0 aromatic carbocycles. The van der Waals surface area contributed by atoms with Crippen molar-refractivity contribution in [3.63, 3.8) is 0 Å². The van der Waals surface area contributed by atoms with Crippen molar-refractivity contribution in [2.75, 3.05) is 0 Å². The van der Waals surface area contributed by atoms with Gasteiger partial charge in [-0.2, -0.15) is 0 Å². The molecule has 0 bridgehead atoms. The third-order valence-corrected chi connectivity index (χ3v) is 11.7. The van der Waals surface area contributed by atoms with Crippen LogP contribution in [0.3, 0.4) is 0 Å². The van der Waals surface area contributed by atoms with Gasteiger partial charge in [-0.15, -0.1) is 0 Å². The number of aliphatic hydroxyl groups is 1. The summed E-state index contributed by atoms with van der Waals surface area (Å²) in [7, 11) is 0. The van der Waals surface area contributed by atoms with Crippen LogP contribution in [-0.2, 0) is 11.4 Å². The number of rotatable bonds is 8. The number of carbonyl (C=O) groups excluding carboxylic acids is 1. The third-order valence-electron chi connectivity index (χ3n) is 11.7. The van der Waals surface area contributed by atoms with Crippen molar-refractivity contribution in [2.45, 2.75) is 118 Å². The zero-order valence-electron chi connectivity index (χ0n) is 24.4. The second-order valence-electron chi connectivity index (χ2n) is 14.2. The number of allylic oxidation sites excluding steroid dienone is 1. The Hall–Kier alpha value is -1.66. The van der Waals surface area contributed by atoms with Crippen LogP contribution in [0.15, 0.2) is 24.0 Å². The summed E-state index contributed by atoms with van der Waals surface area (Å²) < 4.78 is 7.25. The molecule has 0 aliphatic heterocycles. The molecule has 1 aromatic heterocycles. The third kappa shape index (κ3) is 4.78. The number of carbonyl (C=O) groups is 1. The highest BCUT2D eigenvalue weighted by Gasteiger charge is 2.60. The first-order valence-corrected chi connectivity index (χ1v) is 15.4. The zero-order chi connectivity index (χ0) is 27.3. The summed E-state index contributed by atoms with van der Waals surface area (Å²) in [4.78, 5) is 16.9. The Labute approximate surface area is 229 Å². The summed E-state index contributed by atoms with van der Waals surface area (Å²) in [5.41, 5.74) is 7.56. The van der Waals surface area contributed by atoms with Crippen molar-refractivity contribution >= 4 is 5.97 Å². The Morgan fingerprint density at radius 3 is 2.68 bits per heavy atom. The minimum absolute atomic E-state index is 0.0829. The molecule has 0 unspecified atom stereocenters. The van der Waals surface area contributed by atoms with E-state index < -0.39 is 11.8 Å². The quantitative estimate of drug-likeness (QED) is 0.224. The van der Waals surface area contributed by atoms with Gasteiger partial charge in [0.2, 0.25) is 11.6 Å². The van der Waals surface area contributed by atoms with Crippen LogP contribution in [0.5, 0.6) is 0 Å². The number of nitrogens with two attached hydrogens (primary N) is 1. The summed E-state index contributed by atoms with van der Waals surface area (Å²) >= 11 is 0. The van der Waals surface area contributed by atoms with Crippen LogP contribution in [0.1, 0.15) is 116 Å². The van der Waals surface area contributed by atoms with Crippen LogP contribution in [0, 0.1) is 46.3 Å². The minimum Gasteiger partial charge on any atom is -0.427 e. The lowest BCUT2D eigenvalue weighted by atomic mass is 9.46. The first kappa shape index (κ1) is 27.9. The highest BCUT2D eigenvalue weighted by molar-refractivity contribution is 5.85. The molecule has 6 nitrogen and oxygen atoms in total. The molecular weight excluding hydrogens is 474 g/mol. The monoisotopic (exact) mass is 525 g/mol. The molecule has 4 aliphatic rings. The second-order valence-corrected chi connectivity index (χ2v) is 14.2. The van der Waals surface area contributed by atoms with E-state index in [1.807, 2.05) is 0 Å². The highest BCUT2D eigenvalue weighted by Crippen LogP contribution is 2.67. The number of aromatic nitrogens is 2. The molecule has 8 atom stereocenters. The average Bonchev–Trinajstić information content (AvgIpc) is 3.48. The predicted octanol–water partition coefficient (Wildman–Crippen LogP) is 6.69. The lowest BCUT2D eigenvalue weighted by molar-refractivity contribution is -0.191. The standard InChI is InChI=1S/C32H51N3O3/c1-21(2)7-6-8-22(3)25-11-12-26-24-10-9-23-19-32(37,38-29(36)28-34-17-18-35(28)20-33)16-15-30(23,4)27(24)13-14-31(25,26)5/h9,17-18,21-22,24-27,37H,6-8,10-16,19-20,33H2,1-5H3/t22-,24+,25-,26+,27+,30+,31-,32+/m1/s1. The molecular formula is C32H51N3O3. The molecule has 3 fully saturated rings. The number of hydrogen-bond donors (Lipinski definition) is 2. The number of esters is 1. The van der Waals surface area contributed by atoms with Gasteiger partial charge in [-0.05, 0) is 84.9 Å². The molecule has 6 heteroatoms. The van der Waals surface area contributed by atoms with E-state index in [9.17, 15) is 9.90 Å². The average molecular weight is 526 g/mol. The van der Waals surface area contributed by atoms with E-state index in [1.165, 1.54) is 56.7 Å². The smallest absolute Gasteiger partial charge is 0.377 e. The van der Waals surface area contributed by atoms with Crippen molar-refractivity contribution in [3.8, 4) is 0 Å². The molecule has 0 spiro atoms. The summed E-state index contributed by atoms with van der Waals surface area (Å²) in [5, 5.41) is 11.4. The number of nitrogens with zero attached hydrogens (tertiary/aromatic N) is 2. The van der Waals surface area contributed by atoms with E-state index in [0.29, 0.717) is 24.2 Å². The van der Waals surface area contributed by atoms with Crippen molar-refractivity contribution in [1.82, 2.24) is 9.55 Å². The Bertz CT molecular complexity index is 1050. The lowest BCUT2D eigenvalue weighted by Gasteiger charge is -2.59. The minimum atomic E-state index is -1.48. The molecule has 5 rings (SSSR count). The van der Waals surface area contributed by atoms with Gasteiger partial charge in [0.25, 0.3) is 0 Å². The maximum Gasteiger partial charge on any atom is 0.377 e. The number of ether oxygens (including phenoxy) is 1. The van der Waals surface area contributed by atoms with Crippen LogP contribution in [0.2, 0.25) is 0 Å². The van der Waals surface area contributed by atoms with Gasteiger partial charge in [0.05, 0.1) is 6.67 Å². The fraction of sp³-hybridized carbons (Fsp3) is 0.812. The number of imidazole rings is 1. The van der Waals surface area contributed by atoms with Gasteiger partial charge >= 0.3 is 5.97 Å². The van der Waals surface area contributed by atoms with Crippen LogP contribution < -0.4 is 5.73 Å². The predicted molar refractivity (Wildman–Crippen MR) is 150 cm³/mol. The van der Waals surface area contributed by atoms with E-state index in [2.05, 4.69) is 45.7 Å². The van der Waals surface area contributed by atoms with E-state index in [0.717, 1.165) is 42.4 Å². The van der Waals surface area contributed by atoms with Crippen LogP contribution in [0.25, 0.3) is 0 Å². The molecule has 3 N–H and O–H groups in total. The van der Waals surface area contributed by atoms with Crippen LogP contribution >= 0.6 is 0 Å². The molecule has 0 saturated heterocycles. The molecule has 212 valence electrons. The van der Waals surface area contributed by atoms with E-state index in [4.69, 9.17) is 10.5 Å². The fourth-order valence-corrected chi connectivity index (χ4v) is 9.59. The van der Waals surface area contributed by atoms with Gasteiger partial charge in [-0.3, -0.25) is 0 Å². The van der Waals surface area contributed by atoms with Crippen molar-refractivity contribution in [1.29, 1.82) is 0 Å². The second kappa shape index (κ2) is 10.4. The molecule has 1 heterocycles. The fourth-order valence-electron chi connectivity index (χ4n) is 9.59. The van der Waals surface area contributed by atoms with Gasteiger partial charge in [0, 0.05) is 25.2 Å². The molecule has 0 radical (unpaired) electrons. The van der Waals surface area contributed by atoms with Gasteiger partial charge in [-0.1, -0.05) is 65.5 Å². The van der Waals surface area contributed by atoms with E-state index >= 15 is 0 Å². The summed E-state index contributed by atoms with van der Waals surface area (Å²) in [6.07, 6.45) is 17.9. The summed E-state index contributed by atoms with van der Waals surface area (Å²) in [6, 6.07) is 0. The SMILES string of the molecule is CC(C)CCC[C@@H](C)[C@H]1CC[C@H]2[C@@H]3CC=C4C[C@@](O)(OC(=O)c5nccn5CN)CC[C@]4(C)[C@H]3CC[C@]12C. The van der Waals surface area contributed by atoms with Gasteiger partial charge in [0.15, 0.2) is 0 Å². The van der Waals surface area contributed by atoms with Crippen LogP contribution in [-0.4, -0.2) is 26.4 Å². The Kier molecular flexibility index (Phi) is 7.62. The Morgan fingerprint density at radius 1 is 1.16 bits per heavy atom. The number of hydrogen-bond acceptors (Lipinski definition) is 5. The molecule has 0 amide bonds. The highest BCUT2D eigenvalue weighted by atomic mass is 16.7. The maximum absolute atomic E-state index is 12.8. The molecule has 3 saturated carbocycles. The topological polar surface area (TPSA) is 90.4 Å². The molecule has 1 aromatic rings. The van der Waals surface area contributed by atoms with Crippen molar-refractivity contribution < 1.29 is 14.6 Å². The van der Waals surface area contributed by atoms with E-state index in [-0.39, 0.29) is 17.9 Å². The first-order valence-electron chi connectivity index (χ1n) is 15.4. The van der Waals surface area contributed by atoms with Gasteiger partial charge < -0.3 is 20.1 Å². The Morgan fingerprint density at radius 2 is 1.95 bits per heavy atom. The van der Waals surface area contributed by atoms with E-state index in [1.54, 1.807) is 10.8 Å².